The molecule has 0 radical (unpaired) electrons. The Kier molecular flexibility index (Phi) is 4.62. The maximum Gasteiger partial charge on any atom is 0.340 e. The number of carbonyl (C=O) groups is 2. The summed E-state index contributed by atoms with van der Waals surface area (Å²) in [7, 11) is 1.31. The van der Waals surface area contributed by atoms with Crippen molar-refractivity contribution in [3.63, 3.8) is 0 Å². The van der Waals surface area contributed by atoms with Gasteiger partial charge in [0.05, 0.1) is 18.3 Å². The van der Waals surface area contributed by atoms with Crippen molar-refractivity contribution in [2.45, 2.75) is 20.8 Å². The Morgan fingerprint density at radius 1 is 1.03 bits per heavy atom. The minimum atomic E-state index is -0.547. The van der Waals surface area contributed by atoms with Crippen molar-refractivity contribution in [1.29, 1.82) is 0 Å². The van der Waals surface area contributed by atoms with E-state index in [9.17, 15) is 9.59 Å². The van der Waals surface area contributed by atoms with Crippen LogP contribution in [0.3, 0.4) is 0 Å². The topological polar surface area (TPSA) is 65.1 Å². The summed E-state index contributed by atoms with van der Waals surface area (Å²) in [6.07, 6.45) is 1.68. The van der Waals surface area contributed by atoms with E-state index in [1.165, 1.54) is 7.11 Å². The Bertz CT molecular complexity index is 1080. The zero-order valence-corrected chi connectivity index (χ0v) is 16.7. The molecule has 0 atom stereocenters. The average Bonchev–Trinajstić information content (AvgIpc) is 3.23. The number of carbonyl (C=O) groups excluding carboxylic acids is 2. The average molecular weight is 391 g/mol. The number of nitrogens with zero attached hydrogens (tertiary/aromatic N) is 1. The Balaban J connectivity index is 1.83. The molecule has 0 saturated heterocycles. The summed E-state index contributed by atoms with van der Waals surface area (Å²) in [6, 6.07) is 11.3. The van der Waals surface area contributed by atoms with E-state index in [1.807, 2.05) is 38.1 Å². The highest BCUT2D eigenvalue weighted by molar-refractivity contribution is 6.23. The number of methoxy groups -OCH3 is 1. The van der Waals surface area contributed by atoms with Gasteiger partial charge in [-0.2, -0.15) is 0 Å². The van der Waals surface area contributed by atoms with Crippen LogP contribution in [-0.4, -0.2) is 25.8 Å². The third-order valence-corrected chi connectivity index (χ3v) is 4.96. The summed E-state index contributed by atoms with van der Waals surface area (Å²) in [4.78, 5) is 27.4. The number of hydrogen-bond donors (Lipinski definition) is 0. The van der Waals surface area contributed by atoms with Gasteiger partial charge >= 0.3 is 5.97 Å². The molecule has 2 aromatic carbocycles. The molecule has 0 bridgehead atoms. The molecular weight excluding hydrogens is 370 g/mol. The number of anilines is 1. The van der Waals surface area contributed by atoms with Gasteiger partial charge in [-0.05, 0) is 67.8 Å². The van der Waals surface area contributed by atoms with E-state index in [-0.39, 0.29) is 23.8 Å². The molecule has 6 nitrogen and oxygen atoms in total. The van der Waals surface area contributed by atoms with Crippen LogP contribution >= 0.6 is 0 Å². The molecule has 0 fully saturated rings. The van der Waals surface area contributed by atoms with E-state index in [1.54, 1.807) is 30.0 Å². The van der Waals surface area contributed by atoms with Crippen molar-refractivity contribution in [3.05, 3.63) is 69.9 Å². The summed E-state index contributed by atoms with van der Waals surface area (Å²) in [5.41, 5.74) is 4.61. The van der Waals surface area contributed by atoms with Crippen LogP contribution in [0.25, 0.3) is 6.08 Å². The summed E-state index contributed by atoms with van der Waals surface area (Å²) in [5.74, 6) is 0.443. The predicted molar refractivity (Wildman–Crippen MR) is 109 cm³/mol. The highest BCUT2D eigenvalue weighted by Crippen LogP contribution is 2.38. The van der Waals surface area contributed by atoms with E-state index in [0.717, 1.165) is 22.4 Å². The molecule has 0 unspecified atom stereocenters. The number of hydrogen-bond acceptors (Lipinski definition) is 5. The monoisotopic (exact) mass is 391 g/mol. The van der Waals surface area contributed by atoms with Crippen molar-refractivity contribution < 1.29 is 23.8 Å². The van der Waals surface area contributed by atoms with Crippen molar-refractivity contribution >= 4 is 23.6 Å². The van der Waals surface area contributed by atoms with Gasteiger partial charge < -0.3 is 14.2 Å². The van der Waals surface area contributed by atoms with Crippen LogP contribution in [-0.2, 0) is 14.3 Å². The summed E-state index contributed by atoms with van der Waals surface area (Å²) in [5, 5.41) is 0. The standard InChI is InChI=1S/C23H21NO5/c1-13-7-14(2)9-17(8-13)24-15(3)21(23(26)27-4)18(22(24)25)10-16-5-6-19-20(11-16)29-12-28-19/h5-11H,12H2,1-4H3/b18-10-. The van der Waals surface area contributed by atoms with E-state index in [0.29, 0.717) is 17.2 Å². The Morgan fingerprint density at radius 2 is 1.72 bits per heavy atom. The fourth-order valence-electron chi connectivity index (χ4n) is 3.74. The Hall–Kier alpha value is -3.54. The van der Waals surface area contributed by atoms with Crippen LogP contribution in [0, 0.1) is 13.8 Å². The number of fused-ring (bicyclic) bond motifs is 1. The van der Waals surface area contributed by atoms with Crippen molar-refractivity contribution in [1.82, 2.24) is 0 Å². The number of ether oxygens (including phenoxy) is 3. The van der Waals surface area contributed by atoms with Gasteiger partial charge in [-0.1, -0.05) is 12.1 Å². The van der Waals surface area contributed by atoms with E-state index in [4.69, 9.17) is 14.2 Å². The van der Waals surface area contributed by atoms with Gasteiger partial charge in [-0.3, -0.25) is 9.69 Å². The maximum absolute atomic E-state index is 13.4. The molecule has 2 aromatic rings. The minimum Gasteiger partial charge on any atom is -0.465 e. The van der Waals surface area contributed by atoms with E-state index < -0.39 is 5.97 Å². The van der Waals surface area contributed by atoms with Gasteiger partial charge in [0.25, 0.3) is 5.91 Å². The molecule has 6 heteroatoms. The lowest BCUT2D eigenvalue weighted by Gasteiger charge is -2.19. The quantitative estimate of drug-likeness (QED) is 0.586. The molecule has 2 aliphatic rings. The zero-order chi connectivity index (χ0) is 20.7. The van der Waals surface area contributed by atoms with Crippen LogP contribution in [0.15, 0.2) is 53.2 Å². The molecule has 0 spiro atoms. The molecule has 1 amide bonds. The summed E-state index contributed by atoms with van der Waals surface area (Å²) < 4.78 is 15.7. The lowest BCUT2D eigenvalue weighted by molar-refractivity contribution is -0.136. The predicted octanol–water partition coefficient (Wildman–Crippen LogP) is 3.91. The molecule has 2 aliphatic heterocycles. The van der Waals surface area contributed by atoms with Gasteiger partial charge in [0, 0.05) is 11.4 Å². The first-order valence-electron chi connectivity index (χ1n) is 9.22. The van der Waals surface area contributed by atoms with E-state index >= 15 is 0 Å². The minimum absolute atomic E-state index is 0.168. The van der Waals surface area contributed by atoms with Crippen LogP contribution < -0.4 is 14.4 Å². The summed E-state index contributed by atoms with van der Waals surface area (Å²) >= 11 is 0. The molecule has 0 aromatic heterocycles. The van der Waals surface area contributed by atoms with Crippen LogP contribution in [0.2, 0.25) is 0 Å². The number of aryl methyl sites for hydroxylation is 2. The normalized spacial score (nSPS) is 16.8. The SMILES string of the molecule is COC(=O)C1=C(C)N(c2cc(C)cc(C)c2)C(=O)/C1=C\c1ccc2c(c1)OCO2. The number of rotatable bonds is 3. The third-order valence-electron chi connectivity index (χ3n) is 4.96. The fraction of sp³-hybridized carbons (Fsp3) is 0.217. The molecule has 0 N–H and O–H groups in total. The lowest BCUT2D eigenvalue weighted by Crippen LogP contribution is -2.24. The highest BCUT2D eigenvalue weighted by atomic mass is 16.7. The molecule has 2 heterocycles. The van der Waals surface area contributed by atoms with Crippen LogP contribution in [0.1, 0.15) is 23.6 Å². The van der Waals surface area contributed by atoms with Gasteiger partial charge in [0.1, 0.15) is 0 Å². The van der Waals surface area contributed by atoms with Gasteiger partial charge in [0.2, 0.25) is 6.79 Å². The number of allylic oxidation sites excluding steroid dienone is 1. The number of esters is 1. The number of benzene rings is 2. The third kappa shape index (κ3) is 3.27. The van der Waals surface area contributed by atoms with E-state index in [2.05, 4.69) is 0 Å². The lowest BCUT2D eigenvalue weighted by atomic mass is 10.0. The molecule has 0 saturated carbocycles. The molecule has 29 heavy (non-hydrogen) atoms. The molecule has 148 valence electrons. The fourth-order valence-corrected chi connectivity index (χ4v) is 3.74. The first-order valence-corrected chi connectivity index (χ1v) is 9.22. The molecule has 0 aliphatic carbocycles. The first kappa shape index (κ1) is 18.8. The van der Waals surface area contributed by atoms with Crippen LogP contribution in [0.4, 0.5) is 5.69 Å². The van der Waals surface area contributed by atoms with Gasteiger partial charge in [-0.15, -0.1) is 0 Å². The van der Waals surface area contributed by atoms with Gasteiger partial charge in [0.15, 0.2) is 11.5 Å². The second kappa shape index (κ2) is 7.13. The summed E-state index contributed by atoms with van der Waals surface area (Å²) in [6.45, 7) is 5.87. The number of amides is 1. The largest absolute Gasteiger partial charge is 0.465 e. The highest BCUT2D eigenvalue weighted by Gasteiger charge is 2.38. The van der Waals surface area contributed by atoms with Crippen LogP contribution in [0.5, 0.6) is 11.5 Å². The molecule has 4 rings (SSSR count). The Labute approximate surface area is 169 Å². The van der Waals surface area contributed by atoms with Crippen molar-refractivity contribution in [3.8, 4) is 11.5 Å². The Morgan fingerprint density at radius 3 is 2.41 bits per heavy atom. The first-order chi connectivity index (χ1) is 13.9. The van der Waals surface area contributed by atoms with Gasteiger partial charge in [-0.25, -0.2) is 4.79 Å². The smallest absolute Gasteiger partial charge is 0.340 e. The van der Waals surface area contributed by atoms with Crippen molar-refractivity contribution in [2.75, 3.05) is 18.8 Å². The van der Waals surface area contributed by atoms with Crippen molar-refractivity contribution in [2.24, 2.45) is 0 Å². The maximum atomic E-state index is 13.4. The zero-order valence-electron chi connectivity index (χ0n) is 16.7. The second-order valence-corrected chi connectivity index (χ2v) is 7.11. The molecular formula is C23H21NO5. The second-order valence-electron chi connectivity index (χ2n) is 7.11.